The Morgan fingerprint density at radius 2 is 1.62 bits per heavy atom. The van der Waals surface area contributed by atoms with Gasteiger partial charge >= 0.3 is 0 Å². The molecule has 0 spiro atoms. The Labute approximate surface area is 153 Å². The maximum atomic E-state index is 6.00. The lowest BCUT2D eigenvalue weighted by atomic mass is 9.78. The Bertz CT molecular complexity index is 763. The van der Waals surface area contributed by atoms with Crippen LogP contribution in [-0.4, -0.2) is 52.2 Å². The Morgan fingerprint density at radius 1 is 0.885 bits per heavy atom. The lowest BCUT2D eigenvalue weighted by molar-refractivity contribution is 0.344. The second-order valence-corrected chi connectivity index (χ2v) is 7.75. The molecule has 2 N–H and O–H groups in total. The van der Waals surface area contributed by atoms with Gasteiger partial charge in [-0.2, -0.15) is 0 Å². The first-order valence-corrected chi connectivity index (χ1v) is 9.66. The van der Waals surface area contributed by atoms with Crippen LogP contribution in [0.1, 0.15) is 49.0 Å². The lowest BCUT2D eigenvalue weighted by Crippen LogP contribution is -2.47. The molecule has 2 aromatic rings. The third-order valence-electron chi connectivity index (χ3n) is 5.76. The van der Waals surface area contributed by atoms with Gasteiger partial charge in [-0.25, -0.2) is 15.0 Å². The van der Waals surface area contributed by atoms with Crippen LogP contribution in [0.2, 0.25) is 0 Å². The van der Waals surface area contributed by atoms with Gasteiger partial charge in [-0.15, -0.1) is 0 Å². The SMILES string of the molecule is NC1CC(c2cc(N3CCN(c4cnccn4)CC3)nc(C3CC3)n2)C1. The highest BCUT2D eigenvalue weighted by Gasteiger charge is 2.33. The van der Waals surface area contributed by atoms with Crippen LogP contribution < -0.4 is 15.5 Å². The van der Waals surface area contributed by atoms with E-state index in [0.717, 1.165) is 56.5 Å². The molecule has 7 nitrogen and oxygen atoms in total. The molecule has 26 heavy (non-hydrogen) atoms. The van der Waals surface area contributed by atoms with Gasteiger partial charge in [0.2, 0.25) is 0 Å². The minimum atomic E-state index is 0.346. The predicted molar refractivity (Wildman–Crippen MR) is 100 cm³/mol. The zero-order valence-electron chi connectivity index (χ0n) is 15.0. The summed E-state index contributed by atoms with van der Waals surface area (Å²) in [6.07, 6.45) is 9.88. The van der Waals surface area contributed by atoms with Crippen molar-refractivity contribution in [2.45, 2.75) is 43.6 Å². The van der Waals surface area contributed by atoms with E-state index in [-0.39, 0.29) is 0 Å². The van der Waals surface area contributed by atoms with Crippen LogP contribution in [0, 0.1) is 0 Å². The summed E-state index contributed by atoms with van der Waals surface area (Å²) in [4.78, 5) is 23.1. The fourth-order valence-corrected chi connectivity index (χ4v) is 3.89. The van der Waals surface area contributed by atoms with Gasteiger partial charge in [0.25, 0.3) is 0 Å². The maximum Gasteiger partial charge on any atom is 0.147 e. The summed E-state index contributed by atoms with van der Waals surface area (Å²) < 4.78 is 0. The second kappa shape index (κ2) is 6.46. The van der Waals surface area contributed by atoms with Crippen molar-refractivity contribution in [2.24, 2.45) is 5.73 Å². The van der Waals surface area contributed by atoms with Crippen molar-refractivity contribution in [1.29, 1.82) is 0 Å². The minimum Gasteiger partial charge on any atom is -0.353 e. The number of rotatable bonds is 4. The van der Waals surface area contributed by atoms with Gasteiger partial charge in [0, 0.05) is 68.2 Å². The topological polar surface area (TPSA) is 84.1 Å². The van der Waals surface area contributed by atoms with Gasteiger partial charge in [0.05, 0.1) is 6.20 Å². The van der Waals surface area contributed by atoms with Crippen LogP contribution >= 0.6 is 0 Å². The zero-order valence-corrected chi connectivity index (χ0v) is 15.0. The summed E-state index contributed by atoms with van der Waals surface area (Å²) in [5.74, 6) is 4.19. The Kier molecular flexibility index (Phi) is 3.96. The predicted octanol–water partition coefficient (Wildman–Crippen LogP) is 1.68. The average Bonchev–Trinajstić information content (AvgIpc) is 3.51. The molecular formula is C19H25N7. The smallest absolute Gasteiger partial charge is 0.147 e. The third-order valence-corrected chi connectivity index (χ3v) is 5.76. The van der Waals surface area contributed by atoms with Crippen molar-refractivity contribution < 1.29 is 0 Å². The molecule has 0 amide bonds. The largest absolute Gasteiger partial charge is 0.353 e. The number of nitrogens with two attached hydrogens (primary N) is 1. The van der Waals surface area contributed by atoms with Gasteiger partial charge < -0.3 is 15.5 Å². The van der Waals surface area contributed by atoms with Gasteiger partial charge in [-0.3, -0.25) is 4.98 Å². The van der Waals surface area contributed by atoms with Crippen LogP contribution in [0.3, 0.4) is 0 Å². The number of nitrogens with zero attached hydrogens (tertiary/aromatic N) is 6. The number of anilines is 2. The molecule has 2 aliphatic carbocycles. The van der Waals surface area contributed by atoms with E-state index in [1.807, 2.05) is 6.20 Å². The molecule has 0 atom stereocenters. The molecule has 136 valence electrons. The molecule has 5 rings (SSSR count). The monoisotopic (exact) mass is 351 g/mol. The van der Waals surface area contributed by atoms with Crippen molar-refractivity contribution in [2.75, 3.05) is 36.0 Å². The summed E-state index contributed by atoms with van der Waals surface area (Å²) in [5.41, 5.74) is 7.20. The molecule has 1 saturated heterocycles. The standard InChI is InChI=1S/C19H25N7/c20-15-9-14(10-15)16-11-17(24-19(23-16)13-1-2-13)25-5-7-26(8-6-25)18-12-21-3-4-22-18/h3-4,11-15H,1-2,5-10,20H2. The van der Waals surface area contributed by atoms with E-state index in [1.54, 1.807) is 12.4 Å². The summed E-state index contributed by atoms with van der Waals surface area (Å²) >= 11 is 0. The molecule has 3 aliphatic rings. The van der Waals surface area contributed by atoms with E-state index in [1.165, 1.54) is 18.5 Å². The molecule has 2 saturated carbocycles. The number of hydrogen-bond donors (Lipinski definition) is 1. The van der Waals surface area contributed by atoms with E-state index in [9.17, 15) is 0 Å². The van der Waals surface area contributed by atoms with Crippen LogP contribution in [-0.2, 0) is 0 Å². The van der Waals surface area contributed by atoms with Crippen molar-refractivity contribution in [3.63, 3.8) is 0 Å². The van der Waals surface area contributed by atoms with Gasteiger partial charge in [-0.1, -0.05) is 0 Å². The van der Waals surface area contributed by atoms with Crippen LogP contribution in [0.5, 0.6) is 0 Å². The molecule has 7 heteroatoms. The Balaban J connectivity index is 1.33. The number of piperazine rings is 1. The highest BCUT2D eigenvalue weighted by molar-refractivity contribution is 5.45. The van der Waals surface area contributed by atoms with Crippen LogP contribution in [0.4, 0.5) is 11.6 Å². The summed E-state index contributed by atoms with van der Waals surface area (Å²) in [6.45, 7) is 3.76. The summed E-state index contributed by atoms with van der Waals surface area (Å²) in [7, 11) is 0. The molecule has 0 aromatic carbocycles. The van der Waals surface area contributed by atoms with Gasteiger partial charge in [0.1, 0.15) is 17.5 Å². The van der Waals surface area contributed by atoms with E-state index < -0.39 is 0 Å². The number of hydrogen-bond acceptors (Lipinski definition) is 7. The van der Waals surface area contributed by atoms with Crippen LogP contribution in [0.25, 0.3) is 0 Å². The van der Waals surface area contributed by atoms with E-state index in [2.05, 4.69) is 25.8 Å². The van der Waals surface area contributed by atoms with Crippen molar-refractivity contribution in [1.82, 2.24) is 19.9 Å². The fraction of sp³-hybridized carbons (Fsp3) is 0.579. The first kappa shape index (κ1) is 15.9. The zero-order chi connectivity index (χ0) is 17.5. The first-order valence-electron chi connectivity index (χ1n) is 9.66. The third kappa shape index (κ3) is 3.11. The van der Waals surface area contributed by atoms with Gasteiger partial charge in [0.15, 0.2) is 0 Å². The molecule has 3 heterocycles. The molecular weight excluding hydrogens is 326 g/mol. The molecule has 0 radical (unpaired) electrons. The Hall–Kier alpha value is -2.28. The Morgan fingerprint density at radius 3 is 2.23 bits per heavy atom. The number of aromatic nitrogens is 4. The van der Waals surface area contributed by atoms with E-state index in [0.29, 0.717) is 17.9 Å². The fourth-order valence-electron chi connectivity index (χ4n) is 3.89. The van der Waals surface area contributed by atoms with Crippen molar-refractivity contribution in [3.05, 3.63) is 36.2 Å². The highest BCUT2D eigenvalue weighted by atomic mass is 15.3. The minimum absolute atomic E-state index is 0.346. The molecule has 2 aromatic heterocycles. The lowest BCUT2D eigenvalue weighted by Gasteiger charge is -2.37. The van der Waals surface area contributed by atoms with E-state index >= 15 is 0 Å². The molecule has 0 bridgehead atoms. The summed E-state index contributed by atoms with van der Waals surface area (Å²) in [6, 6.07) is 2.55. The van der Waals surface area contributed by atoms with Crippen LogP contribution in [0.15, 0.2) is 24.7 Å². The second-order valence-electron chi connectivity index (χ2n) is 7.75. The molecule has 1 aliphatic heterocycles. The van der Waals surface area contributed by atoms with Crippen molar-refractivity contribution >= 4 is 11.6 Å². The normalized spacial score (nSPS) is 25.9. The first-order chi connectivity index (χ1) is 12.8. The molecule has 3 fully saturated rings. The van der Waals surface area contributed by atoms with E-state index in [4.69, 9.17) is 15.7 Å². The summed E-state index contributed by atoms with van der Waals surface area (Å²) in [5, 5.41) is 0. The highest BCUT2D eigenvalue weighted by Crippen LogP contribution is 2.41. The molecule has 0 unspecified atom stereocenters. The quantitative estimate of drug-likeness (QED) is 0.897. The maximum absolute atomic E-state index is 6.00. The van der Waals surface area contributed by atoms with Crippen molar-refractivity contribution in [3.8, 4) is 0 Å². The van der Waals surface area contributed by atoms with Gasteiger partial charge in [-0.05, 0) is 25.7 Å². The average molecular weight is 351 g/mol.